The van der Waals surface area contributed by atoms with Crippen molar-refractivity contribution < 1.29 is 13.9 Å². The molecule has 7 heteroatoms. The summed E-state index contributed by atoms with van der Waals surface area (Å²) in [7, 11) is 1.70. The maximum absolute atomic E-state index is 13.0. The first kappa shape index (κ1) is 19.5. The summed E-state index contributed by atoms with van der Waals surface area (Å²) in [6.07, 6.45) is 4.89. The van der Waals surface area contributed by atoms with E-state index in [1.807, 2.05) is 19.1 Å². The van der Waals surface area contributed by atoms with Gasteiger partial charge in [-0.15, -0.1) is 10.2 Å². The lowest BCUT2D eigenvalue weighted by Crippen LogP contribution is -2.65. The highest BCUT2D eigenvalue weighted by molar-refractivity contribution is 5.78. The molecule has 3 fully saturated rings. The van der Waals surface area contributed by atoms with Crippen molar-refractivity contribution in [2.24, 2.45) is 11.8 Å². The third-order valence-corrected chi connectivity index (χ3v) is 7.08. The molecule has 30 heavy (non-hydrogen) atoms. The molecule has 7 nitrogen and oxygen atoms in total. The molecule has 0 unspecified atom stereocenters. The van der Waals surface area contributed by atoms with E-state index in [0.717, 1.165) is 38.1 Å². The number of carbonyl (C=O) groups is 1. The van der Waals surface area contributed by atoms with Gasteiger partial charge < -0.3 is 14.1 Å². The summed E-state index contributed by atoms with van der Waals surface area (Å²) < 4.78 is 11.1. The maximum Gasteiger partial charge on any atom is 0.230 e. The van der Waals surface area contributed by atoms with Crippen molar-refractivity contribution in [2.75, 3.05) is 20.2 Å². The lowest BCUT2D eigenvalue weighted by molar-refractivity contribution is -0.153. The van der Waals surface area contributed by atoms with Gasteiger partial charge in [-0.05, 0) is 55.2 Å². The van der Waals surface area contributed by atoms with Crippen LogP contribution < -0.4 is 4.74 Å². The molecule has 0 aliphatic carbocycles. The van der Waals surface area contributed by atoms with E-state index in [4.69, 9.17) is 9.15 Å². The fourth-order valence-electron chi connectivity index (χ4n) is 5.90. The van der Waals surface area contributed by atoms with Gasteiger partial charge in [-0.2, -0.15) is 0 Å². The van der Waals surface area contributed by atoms with Crippen LogP contribution >= 0.6 is 0 Å². The van der Waals surface area contributed by atoms with E-state index in [9.17, 15) is 4.79 Å². The summed E-state index contributed by atoms with van der Waals surface area (Å²) >= 11 is 0. The van der Waals surface area contributed by atoms with E-state index in [1.165, 1.54) is 12.0 Å². The number of carbonyl (C=O) groups excluding carboxylic acids is 1. The molecule has 4 atom stereocenters. The fraction of sp³-hybridized carbons (Fsp3) is 0.609. The van der Waals surface area contributed by atoms with E-state index in [0.29, 0.717) is 48.5 Å². The number of aryl methyl sites for hydroxylation is 1. The minimum atomic E-state index is 0.235. The monoisotopic (exact) mass is 410 g/mol. The van der Waals surface area contributed by atoms with Crippen LogP contribution in [0.1, 0.15) is 43.0 Å². The van der Waals surface area contributed by atoms with Gasteiger partial charge in [0.1, 0.15) is 5.75 Å². The average Bonchev–Trinajstić information content (AvgIpc) is 3.16. The first-order valence-electron chi connectivity index (χ1n) is 11.1. The Bertz CT molecular complexity index is 913. The molecule has 3 saturated heterocycles. The highest BCUT2D eigenvalue weighted by atomic mass is 16.5. The number of methoxy groups -OCH3 is 1. The first-order valence-corrected chi connectivity index (χ1v) is 11.1. The summed E-state index contributed by atoms with van der Waals surface area (Å²) in [5.41, 5.74) is 1.24. The normalized spacial score (nSPS) is 29.0. The van der Waals surface area contributed by atoms with Gasteiger partial charge in [0, 0.05) is 38.5 Å². The molecule has 5 rings (SSSR count). The van der Waals surface area contributed by atoms with E-state index in [-0.39, 0.29) is 6.04 Å². The zero-order valence-corrected chi connectivity index (χ0v) is 17.8. The van der Waals surface area contributed by atoms with Gasteiger partial charge in [0.25, 0.3) is 0 Å². The topological polar surface area (TPSA) is 71.7 Å². The van der Waals surface area contributed by atoms with Gasteiger partial charge in [-0.25, -0.2) is 0 Å². The maximum atomic E-state index is 13.0. The van der Waals surface area contributed by atoms with E-state index >= 15 is 0 Å². The minimum Gasteiger partial charge on any atom is -0.497 e. The molecule has 3 aliphatic rings. The van der Waals surface area contributed by atoms with Crippen LogP contribution in [0.4, 0.5) is 0 Å². The first-order chi connectivity index (χ1) is 14.6. The number of hydrogen-bond acceptors (Lipinski definition) is 6. The third kappa shape index (κ3) is 3.71. The molecule has 0 radical (unpaired) electrons. The molecule has 1 aromatic carbocycles. The zero-order valence-electron chi connectivity index (χ0n) is 17.8. The number of aromatic nitrogens is 2. The molecule has 3 aliphatic heterocycles. The Balaban J connectivity index is 1.40. The average molecular weight is 411 g/mol. The van der Waals surface area contributed by atoms with Crippen LogP contribution in [0, 0.1) is 18.8 Å². The van der Waals surface area contributed by atoms with Gasteiger partial charge >= 0.3 is 0 Å². The fourth-order valence-corrected chi connectivity index (χ4v) is 5.90. The number of amides is 1. The number of fused-ring (bicyclic) bond motifs is 4. The summed E-state index contributed by atoms with van der Waals surface area (Å²) in [6.45, 7) is 4.48. The Morgan fingerprint density at radius 1 is 1.23 bits per heavy atom. The van der Waals surface area contributed by atoms with Gasteiger partial charge in [0.15, 0.2) is 0 Å². The highest BCUT2D eigenvalue weighted by Crippen LogP contribution is 2.43. The van der Waals surface area contributed by atoms with E-state index < -0.39 is 0 Å². The molecule has 1 amide bonds. The van der Waals surface area contributed by atoms with Crippen LogP contribution in [0.25, 0.3) is 0 Å². The Morgan fingerprint density at radius 3 is 2.90 bits per heavy atom. The van der Waals surface area contributed by atoms with Gasteiger partial charge in [0.2, 0.25) is 17.7 Å². The second-order valence-electron chi connectivity index (χ2n) is 9.05. The van der Waals surface area contributed by atoms with Crippen molar-refractivity contribution in [3.63, 3.8) is 0 Å². The second-order valence-corrected chi connectivity index (χ2v) is 9.05. The van der Waals surface area contributed by atoms with Crippen LogP contribution in [0.2, 0.25) is 0 Å². The number of rotatable bonds is 5. The minimum absolute atomic E-state index is 0.235. The lowest BCUT2D eigenvalue weighted by Gasteiger charge is -2.56. The highest BCUT2D eigenvalue weighted by Gasteiger charge is 2.49. The molecule has 0 N–H and O–H groups in total. The SMILES string of the molecule is COc1cccc(C[C@H]2[C@H]3C[C@H](CN(Cc4nnc(C)o4)C3)[C@@H]3CCCC(=O)N32)c1. The number of hydrogen-bond donors (Lipinski definition) is 0. The molecule has 4 heterocycles. The molecule has 160 valence electrons. The largest absolute Gasteiger partial charge is 0.497 e. The quantitative estimate of drug-likeness (QED) is 0.755. The zero-order chi connectivity index (χ0) is 20.7. The van der Waals surface area contributed by atoms with Crippen molar-refractivity contribution in [1.29, 1.82) is 0 Å². The number of likely N-dealkylation sites (tertiary alicyclic amines) is 1. The molecule has 1 aromatic heterocycles. The number of benzene rings is 1. The van der Waals surface area contributed by atoms with Crippen LogP contribution in [0.15, 0.2) is 28.7 Å². The van der Waals surface area contributed by atoms with Gasteiger partial charge in [-0.1, -0.05) is 12.1 Å². The third-order valence-electron chi connectivity index (χ3n) is 7.08. The van der Waals surface area contributed by atoms with Crippen LogP contribution in [0.3, 0.4) is 0 Å². The summed E-state index contributed by atoms with van der Waals surface area (Å²) in [5, 5.41) is 8.18. The van der Waals surface area contributed by atoms with Crippen LogP contribution in [-0.2, 0) is 17.8 Å². The van der Waals surface area contributed by atoms with Crippen molar-refractivity contribution in [2.45, 2.75) is 57.7 Å². The van der Waals surface area contributed by atoms with Crippen molar-refractivity contribution >= 4 is 5.91 Å². The van der Waals surface area contributed by atoms with Crippen molar-refractivity contribution in [3.05, 3.63) is 41.6 Å². The standard InChI is InChI=1S/C23H30N4O3/c1-15-24-25-22(30-15)14-26-12-17-11-18(13-26)21(27-20(17)7-4-8-23(27)28)10-16-5-3-6-19(9-16)29-2/h3,5-6,9,17-18,20-21H,4,7-8,10-14H2,1-2H3/t17-,18+,20+,21+/m1/s1. The van der Waals surface area contributed by atoms with E-state index in [2.05, 4.69) is 32.1 Å². The van der Waals surface area contributed by atoms with Gasteiger partial charge in [-0.3, -0.25) is 9.69 Å². The Kier molecular flexibility index (Phi) is 5.23. The van der Waals surface area contributed by atoms with Crippen molar-refractivity contribution in [1.82, 2.24) is 20.0 Å². The smallest absolute Gasteiger partial charge is 0.230 e. The Morgan fingerprint density at radius 2 is 2.10 bits per heavy atom. The van der Waals surface area contributed by atoms with Crippen molar-refractivity contribution in [3.8, 4) is 5.75 Å². The Labute approximate surface area is 177 Å². The molecule has 2 aromatic rings. The summed E-state index contributed by atoms with van der Waals surface area (Å²) in [4.78, 5) is 17.7. The Hall–Kier alpha value is -2.41. The molecular formula is C23H30N4O3. The van der Waals surface area contributed by atoms with Gasteiger partial charge in [0.05, 0.1) is 13.7 Å². The number of ether oxygens (including phenoxy) is 1. The number of piperidine rings is 3. The molecule has 2 bridgehead atoms. The summed E-state index contributed by atoms with van der Waals surface area (Å²) in [5.74, 6) is 3.50. The van der Waals surface area contributed by atoms with Crippen LogP contribution in [0.5, 0.6) is 5.75 Å². The lowest BCUT2D eigenvalue weighted by atomic mass is 9.71. The summed E-state index contributed by atoms with van der Waals surface area (Å²) in [6, 6.07) is 8.87. The molecule has 0 spiro atoms. The predicted molar refractivity (Wildman–Crippen MR) is 111 cm³/mol. The second kappa shape index (κ2) is 8.02. The number of nitrogens with zero attached hydrogens (tertiary/aromatic N) is 4. The molecule has 0 saturated carbocycles. The van der Waals surface area contributed by atoms with Crippen LogP contribution in [-0.4, -0.2) is 58.2 Å². The molecular weight excluding hydrogens is 380 g/mol. The van der Waals surface area contributed by atoms with E-state index in [1.54, 1.807) is 7.11 Å². The predicted octanol–water partition coefficient (Wildman–Crippen LogP) is 2.83.